The van der Waals surface area contributed by atoms with Crippen LogP contribution in [0.4, 0.5) is 0 Å². The molecule has 0 amide bonds. The maximum Gasteiger partial charge on any atom is 0.0726 e. The summed E-state index contributed by atoms with van der Waals surface area (Å²) in [5.74, 6) is 0. The number of nitrogens with zero attached hydrogens (tertiary/aromatic N) is 2. The van der Waals surface area contributed by atoms with Gasteiger partial charge in [-0.1, -0.05) is 146 Å². The van der Waals surface area contributed by atoms with Gasteiger partial charge < -0.3 is 0 Å². The highest BCUT2D eigenvalue weighted by Gasteiger charge is 2.53. The van der Waals surface area contributed by atoms with Gasteiger partial charge in [0.2, 0.25) is 0 Å². The van der Waals surface area contributed by atoms with Crippen LogP contribution in [-0.4, -0.2) is 9.97 Å². The number of rotatable bonds is 4. The van der Waals surface area contributed by atoms with E-state index in [9.17, 15) is 0 Å². The largest absolute Gasteiger partial charge is 0.264 e. The van der Waals surface area contributed by atoms with E-state index in [0.717, 1.165) is 22.3 Å². The van der Waals surface area contributed by atoms with Gasteiger partial charge in [0.05, 0.1) is 5.41 Å². The summed E-state index contributed by atoms with van der Waals surface area (Å²) < 4.78 is 0. The van der Waals surface area contributed by atoms with Crippen LogP contribution < -0.4 is 0 Å². The number of pyridine rings is 2. The van der Waals surface area contributed by atoms with Gasteiger partial charge in [-0.25, -0.2) is 0 Å². The van der Waals surface area contributed by atoms with E-state index in [2.05, 4.69) is 192 Å². The molecule has 290 valence electrons. The molecule has 3 aliphatic carbocycles. The van der Waals surface area contributed by atoms with Gasteiger partial charge in [0.15, 0.2) is 0 Å². The number of fused-ring (bicyclic) bond motifs is 14. The molecule has 63 heavy (non-hydrogen) atoms. The zero-order valence-electron chi connectivity index (χ0n) is 34.2. The summed E-state index contributed by atoms with van der Waals surface area (Å²) in [4.78, 5) is 9.17. The molecule has 0 saturated carbocycles. The molecule has 1 atom stereocenters. The highest BCUT2D eigenvalue weighted by Crippen LogP contribution is 2.67. The third-order valence-electron chi connectivity index (χ3n) is 14.1. The van der Waals surface area contributed by atoms with Crippen LogP contribution in [0.5, 0.6) is 0 Å². The molecule has 11 aromatic rings. The van der Waals surface area contributed by atoms with E-state index in [4.69, 9.17) is 0 Å². The molecule has 0 fully saturated rings. The van der Waals surface area contributed by atoms with Gasteiger partial charge in [-0.3, -0.25) is 9.97 Å². The predicted molar refractivity (Wildman–Crippen MR) is 260 cm³/mol. The fraction of sp³-hybridized carbons (Fsp3) is 0.0164. The van der Waals surface area contributed by atoms with Crippen molar-refractivity contribution in [1.82, 2.24) is 9.97 Å². The van der Waals surface area contributed by atoms with Gasteiger partial charge in [-0.15, -0.1) is 0 Å². The standard InChI is InChI=1S/C61H36N2/c1-2-12-39-29-40(24-23-37(39)11-1)41-25-26-48-47-17-3-5-21-53(47)61(55(48)33-41)54-22-6-4-18-50(54)60-56(61)34-52-49-19-7-13-38-14-8-20-51(57(38)49)59(52)58(60)46-31-44(42-15-9-27-62-35-42)30-45(32-46)43-16-10-28-63-36-43/h1-36H. The van der Waals surface area contributed by atoms with Crippen molar-refractivity contribution in [2.75, 3.05) is 0 Å². The lowest BCUT2D eigenvalue weighted by molar-refractivity contribution is 0.794. The van der Waals surface area contributed by atoms with Crippen LogP contribution >= 0.6 is 0 Å². The Bertz CT molecular complexity index is 3670. The van der Waals surface area contributed by atoms with Crippen molar-refractivity contribution < 1.29 is 0 Å². The molecule has 0 radical (unpaired) electrons. The SMILES string of the molecule is c1cncc(-c2cc(-c3cccnc3)cc(-c3c4c(cc5c3-c3ccccc3C53c5ccccc5-c5ccc(-c6ccc7ccccc7c6)cc53)-c3cccc5cccc-4c35)c2)c1. The van der Waals surface area contributed by atoms with Gasteiger partial charge in [0, 0.05) is 35.9 Å². The number of hydrogen-bond acceptors (Lipinski definition) is 2. The molecule has 3 aliphatic rings. The maximum absolute atomic E-state index is 4.59. The van der Waals surface area contributed by atoms with Gasteiger partial charge in [0.1, 0.15) is 0 Å². The summed E-state index contributed by atoms with van der Waals surface area (Å²) in [6, 6.07) is 72.9. The quantitative estimate of drug-likeness (QED) is 0.177. The molecule has 0 aliphatic heterocycles. The van der Waals surface area contributed by atoms with Crippen molar-refractivity contribution >= 4 is 21.5 Å². The number of benzene rings is 9. The Hall–Kier alpha value is -8.20. The summed E-state index contributed by atoms with van der Waals surface area (Å²) in [6.07, 6.45) is 7.66. The van der Waals surface area contributed by atoms with E-state index in [0.29, 0.717) is 0 Å². The summed E-state index contributed by atoms with van der Waals surface area (Å²) in [5, 5.41) is 5.09. The number of hydrogen-bond donors (Lipinski definition) is 0. The van der Waals surface area contributed by atoms with E-state index < -0.39 is 5.41 Å². The minimum absolute atomic E-state index is 0.565. The molecule has 14 rings (SSSR count). The van der Waals surface area contributed by atoms with Crippen molar-refractivity contribution in [3.05, 3.63) is 241 Å². The first-order valence-corrected chi connectivity index (χ1v) is 21.8. The zero-order chi connectivity index (χ0) is 41.2. The highest BCUT2D eigenvalue weighted by atomic mass is 14.6. The highest BCUT2D eigenvalue weighted by molar-refractivity contribution is 6.21. The average Bonchev–Trinajstić information content (AvgIpc) is 3.96. The topological polar surface area (TPSA) is 25.8 Å². The monoisotopic (exact) mass is 796 g/mol. The first-order valence-electron chi connectivity index (χ1n) is 21.8. The first-order chi connectivity index (χ1) is 31.2. The Labute approximate surface area is 365 Å². The molecule has 0 N–H and O–H groups in total. The van der Waals surface area contributed by atoms with Crippen LogP contribution in [0, 0.1) is 0 Å². The molecule has 0 saturated heterocycles. The van der Waals surface area contributed by atoms with Gasteiger partial charge in [-0.05, 0) is 170 Å². The normalized spacial score (nSPS) is 14.7. The van der Waals surface area contributed by atoms with E-state index in [1.54, 1.807) is 0 Å². The van der Waals surface area contributed by atoms with Gasteiger partial charge in [0.25, 0.3) is 0 Å². The minimum atomic E-state index is -0.565. The Morgan fingerprint density at radius 2 is 0.857 bits per heavy atom. The molecular formula is C61H36N2. The smallest absolute Gasteiger partial charge is 0.0726 e. The third-order valence-corrected chi connectivity index (χ3v) is 14.1. The van der Waals surface area contributed by atoms with Crippen LogP contribution in [0.25, 0.3) is 111 Å². The van der Waals surface area contributed by atoms with Crippen molar-refractivity contribution in [3.8, 4) is 89.0 Å². The summed E-state index contributed by atoms with van der Waals surface area (Å²) in [7, 11) is 0. The molecule has 2 aromatic heterocycles. The third kappa shape index (κ3) is 4.72. The Balaban J connectivity index is 1.14. The van der Waals surface area contributed by atoms with Crippen LogP contribution in [0.1, 0.15) is 22.3 Å². The van der Waals surface area contributed by atoms with Gasteiger partial charge >= 0.3 is 0 Å². The van der Waals surface area contributed by atoms with Crippen LogP contribution in [0.15, 0.2) is 219 Å². The van der Waals surface area contributed by atoms with Crippen LogP contribution in [0.3, 0.4) is 0 Å². The second-order valence-electron chi connectivity index (χ2n) is 17.3. The molecule has 0 bridgehead atoms. The van der Waals surface area contributed by atoms with Crippen molar-refractivity contribution in [2.24, 2.45) is 0 Å². The first kappa shape index (κ1) is 34.5. The lowest BCUT2D eigenvalue weighted by atomic mass is 9.69. The lowest BCUT2D eigenvalue weighted by Crippen LogP contribution is -2.26. The van der Waals surface area contributed by atoms with Crippen LogP contribution in [-0.2, 0) is 5.41 Å². The average molecular weight is 797 g/mol. The molecule has 9 aromatic carbocycles. The molecular weight excluding hydrogens is 761 g/mol. The molecule has 1 spiro atoms. The molecule has 2 heteroatoms. The Morgan fingerprint density at radius 3 is 1.60 bits per heavy atom. The van der Waals surface area contributed by atoms with Gasteiger partial charge in [-0.2, -0.15) is 0 Å². The second-order valence-corrected chi connectivity index (χ2v) is 17.3. The maximum atomic E-state index is 4.59. The zero-order valence-corrected chi connectivity index (χ0v) is 34.2. The Kier molecular flexibility index (Phi) is 7.07. The van der Waals surface area contributed by atoms with E-state index in [1.807, 2.05) is 36.9 Å². The van der Waals surface area contributed by atoms with Crippen LogP contribution in [0.2, 0.25) is 0 Å². The predicted octanol–water partition coefficient (Wildman–Crippen LogP) is 15.4. The Morgan fingerprint density at radius 1 is 0.270 bits per heavy atom. The summed E-state index contributed by atoms with van der Waals surface area (Å²) >= 11 is 0. The van der Waals surface area contributed by atoms with E-state index >= 15 is 0 Å². The summed E-state index contributed by atoms with van der Waals surface area (Å²) in [6.45, 7) is 0. The van der Waals surface area contributed by atoms with Crippen molar-refractivity contribution in [1.29, 1.82) is 0 Å². The summed E-state index contributed by atoms with van der Waals surface area (Å²) in [5.41, 5.74) is 24.4. The molecule has 1 unspecified atom stereocenters. The second kappa shape index (κ2) is 12.9. The lowest BCUT2D eigenvalue weighted by Gasteiger charge is -2.31. The minimum Gasteiger partial charge on any atom is -0.264 e. The fourth-order valence-corrected chi connectivity index (χ4v) is 11.6. The fourth-order valence-electron chi connectivity index (χ4n) is 11.6. The van der Waals surface area contributed by atoms with E-state index in [1.165, 1.54) is 111 Å². The molecule has 2 nitrogen and oxygen atoms in total. The number of aromatic nitrogens is 2. The van der Waals surface area contributed by atoms with E-state index in [-0.39, 0.29) is 0 Å². The van der Waals surface area contributed by atoms with Crippen molar-refractivity contribution in [3.63, 3.8) is 0 Å². The van der Waals surface area contributed by atoms with Crippen molar-refractivity contribution in [2.45, 2.75) is 5.41 Å². The molecule has 2 heterocycles.